The lowest BCUT2D eigenvalue weighted by molar-refractivity contribution is 0.148. The van der Waals surface area contributed by atoms with E-state index in [9.17, 15) is 4.79 Å². The molecule has 1 aromatic carbocycles. The number of benzene rings is 1. The van der Waals surface area contributed by atoms with Gasteiger partial charge in [-0.1, -0.05) is 18.2 Å². The van der Waals surface area contributed by atoms with Gasteiger partial charge in [-0.3, -0.25) is 4.99 Å². The first kappa shape index (κ1) is 11.3. The third kappa shape index (κ3) is 1.52. The number of nitrogens with zero attached hydrogens (tertiary/aromatic N) is 2. The molecule has 2 aliphatic heterocycles. The van der Waals surface area contributed by atoms with E-state index in [1.165, 1.54) is 5.56 Å². The number of fused-ring (bicyclic) bond motifs is 2. The van der Waals surface area contributed by atoms with Crippen molar-refractivity contribution in [1.29, 1.82) is 0 Å². The van der Waals surface area contributed by atoms with Crippen molar-refractivity contribution in [2.45, 2.75) is 31.2 Å². The first-order valence-electron chi connectivity index (χ1n) is 6.33. The van der Waals surface area contributed by atoms with E-state index in [-0.39, 0.29) is 17.5 Å². The average molecular weight is 243 g/mol. The van der Waals surface area contributed by atoms with Crippen LogP contribution < -0.4 is 5.73 Å². The quantitative estimate of drug-likeness (QED) is 0.746. The summed E-state index contributed by atoms with van der Waals surface area (Å²) >= 11 is 0. The predicted molar refractivity (Wildman–Crippen MR) is 71.3 cm³/mol. The average Bonchev–Trinajstić information content (AvgIpc) is 2.69. The van der Waals surface area contributed by atoms with Crippen LogP contribution in [0.2, 0.25) is 0 Å². The molecule has 0 aliphatic carbocycles. The second-order valence-corrected chi connectivity index (χ2v) is 5.27. The molecule has 1 spiro atoms. The van der Waals surface area contributed by atoms with E-state index in [0.29, 0.717) is 6.54 Å². The number of likely N-dealkylation sites (tertiary alicyclic amines) is 1. The molecule has 3 rings (SSSR count). The number of rotatable bonds is 0. The molecular weight excluding hydrogens is 226 g/mol. The Morgan fingerprint density at radius 1 is 1.50 bits per heavy atom. The van der Waals surface area contributed by atoms with Crippen LogP contribution in [0.5, 0.6) is 0 Å². The maximum atomic E-state index is 11.3. The fraction of sp³-hybridized carbons (Fsp3) is 0.429. The monoisotopic (exact) mass is 243 g/mol. The Hall–Kier alpha value is -1.84. The van der Waals surface area contributed by atoms with Crippen molar-refractivity contribution in [3.05, 3.63) is 29.8 Å². The first-order chi connectivity index (χ1) is 8.62. The highest BCUT2D eigenvalue weighted by atomic mass is 16.2. The van der Waals surface area contributed by atoms with Gasteiger partial charge in [-0.25, -0.2) is 4.79 Å². The Morgan fingerprint density at radius 2 is 2.28 bits per heavy atom. The standard InChI is InChI=1S/C14H17N3O/c1-10-8-14(6-7-17(10)13(15)18)9-16-12-5-3-2-4-11(12)14/h2-5,9-10H,6-8H2,1H3,(H2,15,18). The van der Waals surface area contributed by atoms with Crippen molar-refractivity contribution >= 4 is 17.9 Å². The number of hydrogen-bond donors (Lipinski definition) is 1. The summed E-state index contributed by atoms with van der Waals surface area (Å²) in [5.41, 5.74) is 7.75. The van der Waals surface area contributed by atoms with Gasteiger partial charge in [-0.2, -0.15) is 0 Å². The number of carbonyl (C=O) groups is 1. The first-order valence-corrected chi connectivity index (χ1v) is 6.33. The van der Waals surface area contributed by atoms with Crippen molar-refractivity contribution in [3.8, 4) is 0 Å². The van der Waals surface area contributed by atoms with Crippen molar-refractivity contribution in [3.63, 3.8) is 0 Å². The van der Waals surface area contributed by atoms with Crippen LogP contribution in [0.25, 0.3) is 0 Å². The fourth-order valence-electron chi connectivity index (χ4n) is 3.24. The van der Waals surface area contributed by atoms with Gasteiger partial charge in [0.25, 0.3) is 0 Å². The minimum Gasteiger partial charge on any atom is -0.351 e. The summed E-state index contributed by atoms with van der Waals surface area (Å²) in [6.07, 6.45) is 3.86. The highest BCUT2D eigenvalue weighted by Crippen LogP contribution is 2.44. The molecular formula is C14H17N3O. The molecule has 0 saturated carbocycles. The zero-order chi connectivity index (χ0) is 12.8. The molecule has 2 N–H and O–H groups in total. The Bertz CT molecular complexity index is 526. The second-order valence-electron chi connectivity index (χ2n) is 5.27. The summed E-state index contributed by atoms with van der Waals surface area (Å²) < 4.78 is 0. The van der Waals surface area contributed by atoms with Gasteiger partial charge in [-0.05, 0) is 31.4 Å². The van der Waals surface area contributed by atoms with E-state index in [1.54, 1.807) is 4.90 Å². The molecule has 2 aliphatic rings. The van der Waals surface area contributed by atoms with E-state index in [2.05, 4.69) is 30.3 Å². The summed E-state index contributed by atoms with van der Waals surface area (Å²) in [5, 5.41) is 0. The normalized spacial score (nSPS) is 29.6. The number of para-hydroxylation sites is 1. The summed E-state index contributed by atoms with van der Waals surface area (Å²) in [7, 11) is 0. The van der Waals surface area contributed by atoms with Gasteiger partial charge >= 0.3 is 6.03 Å². The van der Waals surface area contributed by atoms with Crippen LogP contribution in [-0.2, 0) is 5.41 Å². The molecule has 1 fully saturated rings. The van der Waals surface area contributed by atoms with Crippen LogP contribution in [-0.4, -0.2) is 29.7 Å². The highest BCUT2D eigenvalue weighted by molar-refractivity contribution is 5.86. The molecule has 2 heterocycles. The molecule has 0 radical (unpaired) electrons. The molecule has 1 saturated heterocycles. The number of hydrogen-bond acceptors (Lipinski definition) is 2. The number of urea groups is 1. The molecule has 94 valence electrons. The lowest BCUT2D eigenvalue weighted by atomic mass is 9.72. The molecule has 0 aromatic heterocycles. The van der Waals surface area contributed by atoms with E-state index in [4.69, 9.17) is 5.73 Å². The summed E-state index contributed by atoms with van der Waals surface area (Å²) in [6.45, 7) is 2.76. The lowest BCUT2D eigenvalue weighted by Gasteiger charge is -2.42. The predicted octanol–water partition coefficient (Wildman–Crippen LogP) is 2.20. The smallest absolute Gasteiger partial charge is 0.315 e. The third-order valence-corrected chi connectivity index (χ3v) is 4.16. The molecule has 2 unspecified atom stereocenters. The van der Waals surface area contributed by atoms with Crippen LogP contribution in [0.1, 0.15) is 25.3 Å². The Balaban J connectivity index is 1.92. The number of nitrogens with two attached hydrogens (primary N) is 1. The summed E-state index contributed by atoms with van der Waals surface area (Å²) in [5.74, 6) is 0. The summed E-state index contributed by atoms with van der Waals surface area (Å²) in [6, 6.07) is 8.10. The minimum absolute atomic E-state index is 0.00194. The van der Waals surface area contributed by atoms with Gasteiger partial charge < -0.3 is 10.6 Å². The van der Waals surface area contributed by atoms with Gasteiger partial charge in [0.15, 0.2) is 0 Å². The third-order valence-electron chi connectivity index (χ3n) is 4.16. The van der Waals surface area contributed by atoms with Crippen LogP contribution >= 0.6 is 0 Å². The van der Waals surface area contributed by atoms with Crippen molar-refractivity contribution in [1.82, 2.24) is 4.90 Å². The number of amides is 2. The van der Waals surface area contributed by atoms with E-state index in [1.807, 2.05) is 12.1 Å². The molecule has 4 nitrogen and oxygen atoms in total. The van der Waals surface area contributed by atoms with Crippen molar-refractivity contribution in [2.75, 3.05) is 6.54 Å². The Kier molecular flexibility index (Phi) is 2.40. The van der Waals surface area contributed by atoms with Crippen molar-refractivity contribution < 1.29 is 4.79 Å². The van der Waals surface area contributed by atoms with Crippen molar-refractivity contribution in [2.24, 2.45) is 10.7 Å². The molecule has 2 atom stereocenters. The largest absolute Gasteiger partial charge is 0.351 e. The second kappa shape index (κ2) is 3.83. The van der Waals surface area contributed by atoms with Crippen LogP contribution in [0.3, 0.4) is 0 Å². The van der Waals surface area contributed by atoms with Crippen LogP contribution in [0.15, 0.2) is 29.3 Å². The van der Waals surface area contributed by atoms with Gasteiger partial charge in [-0.15, -0.1) is 0 Å². The number of piperidine rings is 1. The maximum Gasteiger partial charge on any atom is 0.315 e. The summed E-state index contributed by atoms with van der Waals surface area (Å²) in [4.78, 5) is 17.6. The molecule has 1 aromatic rings. The number of carbonyl (C=O) groups excluding carboxylic acids is 1. The zero-order valence-electron chi connectivity index (χ0n) is 10.5. The topological polar surface area (TPSA) is 58.7 Å². The van der Waals surface area contributed by atoms with E-state index in [0.717, 1.165) is 18.5 Å². The Labute approximate surface area is 106 Å². The fourth-order valence-corrected chi connectivity index (χ4v) is 3.24. The minimum atomic E-state index is -0.319. The SMILES string of the molecule is CC1CC2(C=Nc3ccccc32)CCN1C(N)=O. The molecule has 0 bridgehead atoms. The molecule has 2 amide bonds. The van der Waals surface area contributed by atoms with Crippen LogP contribution in [0.4, 0.5) is 10.5 Å². The zero-order valence-corrected chi connectivity index (χ0v) is 10.5. The maximum absolute atomic E-state index is 11.3. The van der Waals surface area contributed by atoms with E-state index < -0.39 is 0 Å². The highest BCUT2D eigenvalue weighted by Gasteiger charge is 2.42. The Morgan fingerprint density at radius 3 is 3.00 bits per heavy atom. The van der Waals surface area contributed by atoms with Gasteiger partial charge in [0.2, 0.25) is 0 Å². The molecule has 18 heavy (non-hydrogen) atoms. The van der Waals surface area contributed by atoms with Gasteiger partial charge in [0.05, 0.1) is 5.69 Å². The molecule has 4 heteroatoms. The van der Waals surface area contributed by atoms with Gasteiger partial charge in [0.1, 0.15) is 0 Å². The van der Waals surface area contributed by atoms with Crippen LogP contribution in [0, 0.1) is 0 Å². The van der Waals surface area contributed by atoms with E-state index >= 15 is 0 Å². The number of aliphatic imine (C=N–C) groups is 1. The lowest BCUT2D eigenvalue weighted by Crippen LogP contribution is -2.52. The number of primary amides is 1. The van der Waals surface area contributed by atoms with Gasteiger partial charge in [0, 0.05) is 24.2 Å².